The number of aliphatic hydroxyl groups is 3. The molecular formula is C25H43NO8. The van der Waals surface area contributed by atoms with Gasteiger partial charge in [0.15, 0.2) is 18.2 Å². The van der Waals surface area contributed by atoms with Crippen LogP contribution in [0.1, 0.15) is 54.4 Å². The predicted molar refractivity (Wildman–Crippen MR) is 126 cm³/mol. The third-order valence-corrected chi connectivity index (χ3v) is 7.05. The largest absolute Gasteiger partial charge is 0.456 e. The van der Waals surface area contributed by atoms with Gasteiger partial charge in [-0.2, -0.15) is 0 Å². The van der Waals surface area contributed by atoms with E-state index >= 15 is 0 Å². The van der Waals surface area contributed by atoms with E-state index < -0.39 is 54.1 Å². The lowest BCUT2D eigenvalue weighted by molar-refractivity contribution is -0.279. The van der Waals surface area contributed by atoms with Crippen LogP contribution in [-0.4, -0.2) is 94.5 Å². The summed E-state index contributed by atoms with van der Waals surface area (Å²) in [7, 11) is 3.76. The molecule has 2 heterocycles. The molecule has 3 N–H and O–H groups in total. The van der Waals surface area contributed by atoms with Crippen molar-refractivity contribution in [2.24, 2.45) is 17.8 Å². The Bertz CT molecular complexity index is 736. The van der Waals surface area contributed by atoms with Crippen molar-refractivity contribution < 1.29 is 39.1 Å². The number of cyclic esters (lactones) is 1. The molecule has 0 spiro atoms. The number of nitrogens with zero attached hydrogens (tertiary/aromatic N) is 1. The van der Waals surface area contributed by atoms with Crippen LogP contribution in [0.5, 0.6) is 0 Å². The Hall–Kier alpha value is -1.36. The summed E-state index contributed by atoms with van der Waals surface area (Å²) in [6, 6.07) is -0.182. The van der Waals surface area contributed by atoms with E-state index in [4.69, 9.17) is 14.2 Å². The molecule has 1 unspecified atom stereocenters. The van der Waals surface area contributed by atoms with E-state index in [0.29, 0.717) is 12.8 Å². The molecule has 9 nitrogen and oxygen atoms in total. The van der Waals surface area contributed by atoms with Crippen molar-refractivity contribution in [2.45, 2.75) is 103 Å². The van der Waals surface area contributed by atoms with Gasteiger partial charge in [0.1, 0.15) is 11.7 Å². The molecule has 0 aromatic carbocycles. The number of carbonyl (C=O) groups is 2. The lowest BCUT2D eigenvalue weighted by atomic mass is 9.83. The van der Waals surface area contributed by atoms with Gasteiger partial charge in [-0.3, -0.25) is 9.59 Å². The summed E-state index contributed by atoms with van der Waals surface area (Å²) >= 11 is 0. The monoisotopic (exact) mass is 485 g/mol. The molecule has 1 fully saturated rings. The predicted octanol–water partition coefficient (Wildman–Crippen LogP) is 1.28. The quantitative estimate of drug-likeness (QED) is 0.505. The van der Waals surface area contributed by atoms with Crippen LogP contribution in [0.15, 0.2) is 12.2 Å². The van der Waals surface area contributed by atoms with Crippen molar-refractivity contribution in [3.63, 3.8) is 0 Å². The smallest absolute Gasteiger partial charge is 0.311 e. The van der Waals surface area contributed by atoms with Gasteiger partial charge in [0.05, 0.1) is 24.2 Å². The number of ketones is 1. The first-order chi connectivity index (χ1) is 15.7. The van der Waals surface area contributed by atoms with Crippen LogP contribution >= 0.6 is 0 Å². The highest BCUT2D eigenvalue weighted by Crippen LogP contribution is 2.32. The molecule has 0 amide bonds. The zero-order valence-corrected chi connectivity index (χ0v) is 21.7. The first-order valence-electron chi connectivity index (χ1n) is 12.1. The lowest BCUT2D eigenvalue weighted by Gasteiger charge is -2.43. The zero-order valence-electron chi connectivity index (χ0n) is 21.7. The molecule has 0 aromatic rings. The van der Waals surface area contributed by atoms with E-state index in [1.165, 1.54) is 26.0 Å². The van der Waals surface area contributed by atoms with Gasteiger partial charge < -0.3 is 34.4 Å². The van der Waals surface area contributed by atoms with Gasteiger partial charge in [0.2, 0.25) is 0 Å². The molecule has 9 heteroatoms. The van der Waals surface area contributed by atoms with Crippen molar-refractivity contribution in [1.82, 2.24) is 4.90 Å². The molecule has 196 valence electrons. The number of likely N-dealkylation sites (N-methyl/N-ethyl adjacent to an activating group) is 1. The SMILES string of the molecule is CC(O)[C@H]1OC(=O)[C@H](C)[C@@H](O[C@@H]2O[C@H](C)C[C@H](N(C)C)[C@H]2O)[C@@H](C)C[C@@H](C)C(=O)/C=C/[C@]1(C)O. The zero-order chi connectivity index (χ0) is 26.0. The standard InChI is InChI=1S/C25H43NO8/c1-13-11-14(2)21(33-24-20(29)18(26(7)8)12-15(3)32-24)16(4)23(30)34-22(17(5)27)25(6,31)10-9-19(13)28/h9-10,13-18,20-22,24,27,29,31H,11-12H2,1-8H3/b10-9+/t13-,14+,15-,16-,17?,18+,20-,21+,22-,24+,25+/m1/s1. The maximum Gasteiger partial charge on any atom is 0.311 e. The average molecular weight is 486 g/mol. The Kier molecular flexibility index (Phi) is 9.84. The first kappa shape index (κ1) is 28.9. The molecule has 2 rings (SSSR count). The summed E-state index contributed by atoms with van der Waals surface area (Å²) in [5.74, 6) is -2.32. The molecule has 0 bridgehead atoms. The molecule has 11 atom stereocenters. The highest BCUT2D eigenvalue weighted by Gasteiger charge is 2.44. The fourth-order valence-electron chi connectivity index (χ4n) is 4.94. The number of rotatable bonds is 4. The highest BCUT2D eigenvalue weighted by atomic mass is 16.7. The number of esters is 1. The minimum absolute atomic E-state index is 0.162. The van der Waals surface area contributed by atoms with Gasteiger partial charge in [-0.05, 0) is 72.7 Å². The van der Waals surface area contributed by atoms with E-state index in [1.807, 2.05) is 32.8 Å². The van der Waals surface area contributed by atoms with Gasteiger partial charge in [-0.25, -0.2) is 0 Å². The van der Waals surface area contributed by atoms with Crippen LogP contribution in [0, 0.1) is 17.8 Å². The van der Waals surface area contributed by atoms with Crippen molar-refractivity contribution in [1.29, 1.82) is 0 Å². The fraction of sp³-hybridized carbons (Fsp3) is 0.840. The number of carbonyl (C=O) groups excluding carboxylic acids is 2. The van der Waals surface area contributed by atoms with E-state index in [0.717, 1.165) is 0 Å². The Morgan fingerprint density at radius 2 is 1.79 bits per heavy atom. The van der Waals surface area contributed by atoms with Crippen LogP contribution in [-0.2, 0) is 23.8 Å². The van der Waals surface area contributed by atoms with E-state index in [9.17, 15) is 24.9 Å². The number of hydrogen-bond donors (Lipinski definition) is 3. The maximum absolute atomic E-state index is 13.2. The number of aliphatic hydroxyl groups excluding tert-OH is 2. The molecule has 0 aromatic heterocycles. The lowest BCUT2D eigenvalue weighted by Crippen LogP contribution is -2.56. The van der Waals surface area contributed by atoms with Crippen molar-refractivity contribution in [3.8, 4) is 0 Å². The Morgan fingerprint density at radius 3 is 2.35 bits per heavy atom. The molecule has 34 heavy (non-hydrogen) atoms. The minimum atomic E-state index is -1.75. The van der Waals surface area contributed by atoms with Crippen LogP contribution < -0.4 is 0 Å². The Balaban J connectivity index is 2.40. The van der Waals surface area contributed by atoms with Crippen LogP contribution in [0.4, 0.5) is 0 Å². The van der Waals surface area contributed by atoms with Gasteiger partial charge in [0, 0.05) is 12.0 Å². The molecule has 2 aliphatic heterocycles. The Labute approximate surface area is 203 Å². The summed E-state index contributed by atoms with van der Waals surface area (Å²) in [5.41, 5.74) is -1.75. The normalized spacial score (nSPS) is 44.6. The second kappa shape index (κ2) is 11.6. The second-order valence-corrected chi connectivity index (χ2v) is 10.6. The Morgan fingerprint density at radius 1 is 1.18 bits per heavy atom. The van der Waals surface area contributed by atoms with E-state index in [-0.39, 0.29) is 23.8 Å². The highest BCUT2D eigenvalue weighted by molar-refractivity contribution is 5.91. The van der Waals surface area contributed by atoms with Gasteiger partial charge in [0.25, 0.3) is 0 Å². The van der Waals surface area contributed by atoms with Gasteiger partial charge >= 0.3 is 5.97 Å². The summed E-state index contributed by atoms with van der Waals surface area (Å²) < 4.78 is 17.7. The maximum atomic E-state index is 13.2. The minimum Gasteiger partial charge on any atom is -0.456 e. The van der Waals surface area contributed by atoms with Crippen molar-refractivity contribution in [3.05, 3.63) is 12.2 Å². The average Bonchev–Trinajstić information content (AvgIpc) is 2.73. The summed E-state index contributed by atoms with van der Waals surface area (Å²) in [6.07, 6.45) is -1.67. The first-order valence-corrected chi connectivity index (χ1v) is 12.1. The fourth-order valence-corrected chi connectivity index (χ4v) is 4.94. The van der Waals surface area contributed by atoms with Crippen LogP contribution in [0.3, 0.4) is 0 Å². The summed E-state index contributed by atoms with van der Waals surface area (Å²) in [5, 5.41) is 32.0. The van der Waals surface area contributed by atoms with E-state index in [1.54, 1.807) is 13.8 Å². The summed E-state index contributed by atoms with van der Waals surface area (Å²) in [6.45, 7) is 10.0. The molecular weight excluding hydrogens is 442 g/mol. The topological polar surface area (TPSA) is 126 Å². The molecule has 1 saturated heterocycles. The molecule has 0 saturated carbocycles. The third kappa shape index (κ3) is 6.86. The van der Waals surface area contributed by atoms with Gasteiger partial charge in [-0.15, -0.1) is 0 Å². The third-order valence-electron chi connectivity index (χ3n) is 7.05. The number of hydrogen-bond acceptors (Lipinski definition) is 9. The second-order valence-electron chi connectivity index (χ2n) is 10.6. The van der Waals surface area contributed by atoms with E-state index in [2.05, 4.69) is 0 Å². The number of ether oxygens (including phenoxy) is 3. The molecule has 0 aliphatic carbocycles. The summed E-state index contributed by atoms with van der Waals surface area (Å²) in [4.78, 5) is 27.8. The molecule has 2 aliphatic rings. The van der Waals surface area contributed by atoms with Gasteiger partial charge in [-0.1, -0.05) is 13.8 Å². The molecule has 0 radical (unpaired) electrons. The van der Waals surface area contributed by atoms with Crippen LogP contribution in [0.25, 0.3) is 0 Å². The van der Waals surface area contributed by atoms with Crippen molar-refractivity contribution in [2.75, 3.05) is 14.1 Å². The number of allylic oxidation sites excluding steroid dienone is 1. The van der Waals surface area contributed by atoms with Crippen molar-refractivity contribution >= 4 is 11.8 Å². The van der Waals surface area contributed by atoms with Crippen LogP contribution in [0.2, 0.25) is 0 Å².